The van der Waals surface area contributed by atoms with Crippen LogP contribution in [0.1, 0.15) is 17.0 Å². The van der Waals surface area contributed by atoms with Gasteiger partial charge in [-0.2, -0.15) is 0 Å². The third kappa shape index (κ3) is 3.77. The van der Waals surface area contributed by atoms with E-state index < -0.39 is 17.7 Å². The van der Waals surface area contributed by atoms with Crippen LogP contribution in [0.15, 0.2) is 78.2 Å². The second-order valence-electron chi connectivity index (χ2n) is 7.67. The summed E-state index contributed by atoms with van der Waals surface area (Å²) in [6.45, 7) is 0.179. The Morgan fingerprint density at radius 3 is 2.68 bits per heavy atom. The van der Waals surface area contributed by atoms with Crippen molar-refractivity contribution in [3.8, 4) is 5.82 Å². The van der Waals surface area contributed by atoms with E-state index in [0.717, 1.165) is 16.3 Å². The molecule has 0 saturated heterocycles. The number of hydrogen-bond donors (Lipinski definition) is 3. The highest BCUT2D eigenvalue weighted by molar-refractivity contribution is 6.05. The number of benzene rings is 1. The first-order chi connectivity index (χ1) is 16.5. The Balaban J connectivity index is 1.45. The molecule has 1 aromatic carbocycles. The summed E-state index contributed by atoms with van der Waals surface area (Å²) in [4.78, 5) is 52.8. The number of aromatic nitrogens is 5. The third-order valence-corrected chi connectivity index (χ3v) is 5.56. The van der Waals surface area contributed by atoms with Gasteiger partial charge in [0.1, 0.15) is 17.9 Å². The number of aromatic amines is 1. The smallest absolute Gasteiger partial charge is 0.256 e. The van der Waals surface area contributed by atoms with Crippen LogP contribution in [0.25, 0.3) is 27.8 Å². The fourth-order valence-corrected chi connectivity index (χ4v) is 3.95. The molecule has 0 aliphatic heterocycles. The number of primary amides is 1. The van der Waals surface area contributed by atoms with Crippen LogP contribution in [-0.4, -0.2) is 36.3 Å². The van der Waals surface area contributed by atoms with Crippen LogP contribution in [0.5, 0.6) is 0 Å². The van der Waals surface area contributed by atoms with Gasteiger partial charge in [0.05, 0.1) is 10.9 Å². The van der Waals surface area contributed by atoms with Gasteiger partial charge in [0.25, 0.3) is 5.56 Å². The largest absolute Gasteiger partial charge is 0.369 e. The molecule has 5 rings (SSSR count). The second-order valence-corrected chi connectivity index (χ2v) is 7.67. The van der Waals surface area contributed by atoms with Crippen molar-refractivity contribution in [3.05, 3.63) is 94.9 Å². The van der Waals surface area contributed by atoms with Crippen LogP contribution in [0.4, 0.5) is 0 Å². The Labute approximate surface area is 192 Å². The molecule has 2 amide bonds. The first-order valence-corrected chi connectivity index (χ1v) is 10.4. The summed E-state index contributed by atoms with van der Waals surface area (Å²) in [6.07, 6.45) is 6.15. The van der Waals surface area contributed by atoms with E-state index in [1.165, 1.54) is 29.4 Å². The van der Waals surface area contributed by atoms with Gasteiger partial charge >= 0.3 is 0 Å². The van der Waals surface area contributed by atoms with Gasteiger partial charge in [0.15, 0.2) is 5.82 Å². The average molecular weight is 453 g/mol. The number of H-pyrrole nitrogens is 1. The van der Waals surface area contributed by atoms with E-state index in [-0.39, 0.29) is 12.1 Å². The van der Waals surface area contributed by atoms with Crippen LogP contribution in [0, 0.1) is 0 Å². The molecule has 4 N–H and O–H groups in total. The van der Waals surface area contributed by atoms with Crippen LogP contribution in [-0.2, 0) is 16.1 Å². The molecule has 0 radical (unpaired) electrons. The van der Waals surface area contributed by atoms with E-state index in [2.05, 4.69) is 25.3 Å². The molecule has 0 aliphatic rings. The number of nitrogens with one attached hydrogen (secondary N) is 2. The lowest BCUT2D eigenvalue weighted by molar-refractivity contribution is -0.130. The molecule has 0 bridgehead atoms. The molecule has 4 heterocycles. The van der Waals surface area contributed by atoms with Crippen molar-refractivity contribution < 1.29 is 9.59 Å². The number of fused-ring (bicyclic) bond motifs is 2. The molecule has 0 fully saturated rings. The summed E-state index contributed by atoms with van der Waals surface area (Å²) < 4.78 is 1.53. The second kappa shape index (κ2) is 8.58. The molecule has 1 unspecified atom stereocenters. The number of carbonyl (C=O) groups excluding carboxylic acids is 2. The Hall–Kier alpha value is -4.86. The van der Waals surface area contributed by atoms with Crippen LogP contribution < -0.4 is 16.6 Å². The highest BCUT2D eigenvalue weighted by Gasteiger charge is 2.26. The molecule has 1 atom stereocenters. The standard InChI is InChI=1S/C24H19N7O3/c25-21(33)20(15-5-8-26-9-6-15)24(34)28-12-14-1-3-18-16(11-14)2-4-19(32)31(18)23-17-7-10-27-22(17)29-13-30-23/h1-11,13,20H,12H2,(H2,25,33)(H,28,34)(H,27,29,30). The molecule has 168 valence electrons. The first-order valence-electron chi connectivity index (χ1n) is 10.4. The zero-order valence-corrected chi connectivity index (χ0v) is 17.8. The molecule has 5 aromatic rings. The number of amides is 2. The van der Waals surface area contributed by atoms with Gasteiger partial charge in [-0.3, -0.25) is 23.9 Å². The zero-order chi connectivity index (χ0) is 23.7. The fourth-order valence-electron chi connectivity index (χ4n) is 3.95. The maximum atomic E-state index is 12.8. The Morgan fingerprint density at radius 1 is 1.06 bits per heavy atom. The summed E-state index contributed by atoms with van der Waals surface area (Å²) in [7, 11) is 0. The van der Waals surface area contributed by atoms with Crippen molar-refractivity contribution in [1.29, 1.82) is 0 Å². The molecule has 0 aliphatic carbocycles. The minimum absolute atomic E-state index is 0.179. The van der Waals surface area contributed by atoms with Crippen molar-refractivity contribution in [2.24, 2.45) is 5.73 Å². The summed E-state index contributed by atoms with van der Waals surface area (Å²) in [5.74, 6) is -1.88. The van der Waals surface area contributed by atoms with E-state index in [4.69, 9.17) is 5.73 Å². The number of pyridine rings is 2. The van der Waals surface area contributed by atoms with Crippen LogP contribution >= 0.6 is 0 Å². The highest BCUT2D eigenvalue weighted by Crippen LogP contribution is 2.22. The lowest BCUT2D eigenvalue weighted by Crippen LogP contribution is -2.36. The quantitative estimate of drug-likeness (QED) is 0.332. The van der Waals surface area contributed by atoms with E-state index in [9.17, 15) is 14.4 Å². The molecule has 4 aromatic heterocycles. The number of carbonyl (C=O) groups is 2. The van der Waals surface area contributed by atoms with Gasteiger partial charge in [0.2, 0.25) is 11.8 Å². The van der Waals surface area contributed by atoms with Gasteiger partial charge in [-0.1, -0.05) is 6.07 Å². The fraction of sp³-hybridized carbons (Fsp3) is 0.0833. The van der Waals surface area contributed by atoms with E-state index in [0.29, 0.717) is 22.5 Å². The van der Waals surface area contributed by atoms with E-state index in [1.54, 1.807) is 36.5 Å². The molecule has 10 heteroatoms. The van der Waals surface area contributed by atoms with Crippen molar-refractivity contribution in [2.75, 3.05) is 0 Å². The minimum Gasteiger partial charge on any atom is -0.369 e. The van der Waals surface area contributed by atoms with Crippen molar-refractivity contribution in [3.63, 3.8) is 0 Å². The highest BCUT2D eigenvalue weighted by atomic mass is 16.2. The Kier molecular flexibility index (Phi) is 5.30. The van der Waals surface area contributed by atoms with Gasteiger partial charge in [0, 0.05) is 31.2 Å². The molecule has 10 nitrogen and oxygen atoms in total. The number of nitrogens with two attached hydrogens (primary N) is 1. The van der Waals surface area contributed by atoms with Gasteiger partial charge < -0.3 is 16.0 Å². The SMILES string of the molecule is NC(=O)C(C(=O)NCc1ccc2c(ccc(=O)n2-c2ncnc3[nH]ccc23)c1)c1ccncc1. The molecule has 0 spiro atoms. The van der Waals surface area contributed by atoms with E-state index >= 15 is 0 Å². The first kappa shape index (κ1) is 21.0. The Bertz CT molecular complexity index is 1590. The van der Waals surface area contributed by atoms with E-state index in [1.807, 2.05) is 12.1 Å². The van der Waals surface area contributed by atoms with Gasteiger partial charge in [-0.25, -0.2) is 9.97 Å². The van der Waals surface area contributed by atoms with Crippen LogP contribution in [0.3, 0.4) is 0 Å². The molecule has 34 heavy (non-hydrogen) atoms. The number of hydrogen-bond acceptors (Lipinski definition) is 6. The summed E-state index contributed by atoms with van der Waals surface area (Å²) in [5.41, 5.74) is 7.80. The predicted octanol–water partition coefficient (Wildman–Crippen LogP) is 1.54. The van der Waals surface area contributed by atoms with Gasteiger partial charge in [-0.15, -0.1) is 0 Å². The summed E-state index contributed by atoms with van der Waals surface area (Å²) in [5, 5.41) is 4.28. The number of rotatable bonds is 6. The van der Waals surface area contributed by atoms with Crippen molar-refractivity contribution >= 4 is 33.8 Å². The van der Waals surface area contributed by atoms with Crippen molar-refractivity contribution in [1.82, 2.24) is 29.8 Å². The summed E-state index contributed by atoms with van der Waals surface area (Å²) >= 11 is 0. The van der Waals surface area contributed by atoms with Crippen molar-refractivity contribution in [2.45, 2.75) is 12.5 Å². The zero-order valence-electron chi connectivity index (χ0n) is 17.8. The number of nitrogens with zero attached hydrogens (tertiary/aromatic N) is 4. The molecular weight excluding hydrogens is 434 g/mol. The normalized spacial score (nSPS) is 12.0. The van der Waals surface area contributed by atoms with Crippen LogP contribution in [0.2, 0.25) is 0 Å². The molecular formula is C24H19N7O3. The monoisotopic (exact) mass is 453 g/mol. The minimum atomic E-state index is -1.12. The summed E-state index contributed by atoms with van der Waals surface area (Å²) in [6, 6.07) is 13.6. The maximum absolute atomic E-state index is 12.8. The lowest BCUT2D eigenvalue weighted by atomic mass is 9.98. The molecule has 0 saturated carbocycles. The average Bonchev–Trinajstić information content (AvgIpc) is 3.33. The maximum Gasteiger partial charge on any atom is 0.256 e. The predicted molar refractivity (Wildman–Crippen MR) is 125 cm³/mol. The third-order valence-electron chi connectivity index (χ3n) is 5.56. The Morgan fingerprint density at radius 2 is 1.88 bits per heavy atom. The topological polar surface area (TPSA) is 149 Å². The van der Waals surface area contributed by atoms with Gasteiger partial charge in [-0.05, 0) is 52.9 Å². The lowest BCUT2D eigenvalue weighted by Gasteiger charge is -2.15.